The lowest BCUT2D eigenvalue weighted by Crippen LogP contribution is -2.28. The number of fused-ring (bicyclic) bond motifs is 1. The first-order chi connectivity index (χ1) is 9.45. The fourth-order valence-corrected chi connectivity index (χ4v) is 3.50. The van der Waals surface area contributed by atoms with Gasteiger partial charge in [0, 0.05) is 12.7 Å². The van der Waals surface area contributed by atoms with Gasteiger partial charge in [-0.2, -0.15) is 0 Å². The van der Waals surface area contributed by atoms with Crippen LogP contribution in [0.1, 0.15) is 19.8 Å². The Bertz CT molecular complexity index is 699. The van der Waals surface area contributed by atoms with Crippen LogP contribution in [0.3, 0.4) is 0 Å². The minimum atomic E-state index is -3.77. The smallest absolute Gasteiger partial charge is 0.259 e. The first-order valence-electron chi connectivity index (χ1n) is 6.26. The Labute approximate surface area is 122 Å². The van der Waals surface area contributed by atoms with Gasteiger partial charge in [0.15, 0.2) is 10.2 Å². The van der Waals surface area contributed by atoms with Crippen LogP contribution in [0, 0.1) is 0 Å². The van der Waals surface area contributed by atoms with Crippen molar-refractivity contribution < 1.29 is 13.5 Å². The lowest BCUT2D eigenvalue weighted by molar-refractivity contribution is 0.162. The number of halogens is 1. The van der Waals surface area contributed by atoms with E-state index >= 15 is 0 Å². The van der Waals surface area contributed by atoms with Crippen LogP contribution in [0.15, 0.2) is 29.4 Å². The van der Waals surface area contributed by atoms with Crippen LogP contribution in [0.2, 0.25) is 5.15 Å². The van der Waals surface area contributed by atoms with Gasteiger partial charge < -0.3 is 5.11 Å². The lowest BCUT2D eigenvalue weighted by Gasteiger charge is -2.09. The summed E-state index contributed by atoms with van der Waals surface area (Å²) in [5.74, 6) is 0. The number of hydrogen-bond donors (Lipinski definition) is 2. The van der Waals surface area contributed by atoms with Crippen LogP contribution in [-0.4, -0.2) is 35.6 Å². The van der Waals surface area contributed by atoms with Gasteiger partial charge in [0.1, 0.15) is 5.65 Å². The molecule has 0 aliphatic heterocycles. The highest BCUT2D eigenvalue weighted by Crippen LogP contribution is 2.22. The maximum absolute atomic E-state index is 12.3. The van der Waals surface area contributed by atoms with Gasteiger partial charge in [-0.3, -0.25) is 4.40 Å². The van der Waals surface area contributed by atoms with Crippen molar-refractivity contribution >= 4 is 27.3 Å². The summed E-state index contributed by atoms with van der Waals surface area (Å²) < 4.78 is 28.4. The lowest BCUT2D eigenvalue weighted by atomic mass is 10.2. The van der Waals surface area contributed by atoms with E-state index in [1.807, 2.05) is 6.92 Å². The Morgan fingerprint density at radius 1 is 1.50 bits per heavy atom. The number of imidazole rings is 1. The molecule has 0 aliphatic carbocycles. The van der Waals surface area contributed by atoms with Crippen LogP contribution in [0.25, 0.3) is 5.65 Å². The fraction of sp³-hybridized carbons (Fsp3) is 0.417. The van der Waals surface area contributed by atoms with Crippen LogP contribution >= 0.6 is 11.6 Å². The van der Waals surface area contributed by atoms with Crippen LogP contribution in [-0.2, 0) is 10.0 Å². The quantitative estimate of drug-likeness (QED) is 0.844. The van der Waals surface area contributed by atoms with Gasteiger partial charge in [0.2, 0.25) is 0 Å². The van der Waals surface area contributed by atoms with Crippen molar-refractivity contribution in [2.24, 2.45) is 0 Å². The minimum Gasteiger partial charge on any atom is -0.393 e. The molecule has 1 unspecified atom stereocenters. The van der Waals surface area contributed by atoms with E-state index in [1.54, 1.807) is 24.4 Å². The average molecular weight is 318 g/mol. The molecule has 0 aliphatic rings. The number of sulfonamides is 1. The SMILES string of the molecule is CCC(O)CCNS(=O)(=O)c1c(Cl)nc2ccccn12. The van der Waals surface area contributed by atoms with E-state index in [4.69, 9.17) is 11.6 Å². The highest BCUT2D eigenvalue weighted by atomic mass is 35.5. The normalized spacial score (nSPS) is 13.8. The second kappa shape index (κ2) is 6.09. The number of pyridine rings is 1. The molecule has 2 aromatic heterocycles. The minimum absolute atomic E-state index is 0.0697. The van der Waals surface area contributed by atoms with E-state index in [-0.39, 0.29) is 16.7 Å². The molecule has 0 saturated heterocycles. The first kappa shape index (κ1) is 15.2. The molecule has 1 atom stereocenters. The largest absolute Gasteiger partial charge is 0.393 e. The molecular weight excluding hydrogens is 302 g/mol. The van der Waals surface area contributed by atoms with Crippen LogP contribution in [0.4, 0.5) is 0 Å². The standard InChI is InChI=1S/C12H16ClN3O3S/c1-2-9(17)6-7-14-20(18,19)12-11(13)15-10-5-3-4-8-16(10)12/h3-5,8-9,14,17H,2,6-7H2,1H3. The molecule has 0 fully saturated rings. The van der Waals surface area contributed by atoms with Gasteiger partial charge in [0.05, 0.1) is 6.10 Å². The summed E-state index contributed by atoms with van der Waals surface area (Å²) in [4.78, 5) is 4.00. The van der Waals surface area contributed by atoms with Crippen molar-refractivity contribution in [3.63, 3.8) is 0 Å². The topological polar surface area (TPSA) is 83.7 Å². The van der Waals surface area contributed by atoms with Gasteiger partial charge in [-0.05, 0) is 25.0 Å². The molecule has 20 heavy (non-hydrogen) atoms. The molecule has 0 saturated carbocycles. The number of aliphatic hydroxyl groups excluding tert-OH is 1. The Hall–Kier alpha value is -1.15. The summed E-state index contributed by atoms with van der Waals surface area (Å²) in [7, 11) is -3.77. The molecular formula is C12H16ClN3O3S. The molecule has 2 heterocycles. The zero-order chi connectivity index (χ0) is 14.8. The molecule has 2 aromatic rings. The molecule has 0 bridgehead atoms. The van der Waals surface area contributed by atoms with E-state index < -0.39 is 16.1 Å². The summed E-state index contributed by atoms with van der Waals surface area (Å²) >= 11 is 5.92. The van der Waals surface area contributed by atoms with E-state index in [1.165, 1.54) is 4.40 Å². The second-order valence-corrected chi connectivity index (χ2v) is 6.43. The summed E-state index contributed by atoms with van der Waals surface area (Å²) in [5.41, 5.74) is 0.464. The number of aromatic nitrogens is 2. The fourth-order valence-electron chi connectivity index (χ4n) is 1.82. The average Bonchev–Trinajstić information content (AvgIpc) is 2.74. The number of aliphatic hydroxyl groups is 1. The second-order valence-electron chi connectivity index (χ2n) is 4.39. The van der Waals surface area contributed by atoms with Crippen molar-refractivity contribution in [2.45, 2.75) is 30.9 Å². The van der Waals surface area contributed by atoms with Crippen LogP contribution in [0.5, 0.6) is 0 Å². The maximum atomic E-state index is 12.3. The van der Waals surface area contributed by atoms with E-state index in [2.05, 4.69) is 9.71 Å². The van der Waals surface area contributed by atoms with E-state index in [0.29, 0.717) is 18.5 Å². The highest BCUT2D eigenvalue weighted by Gasteiger charge is 2.23. The van der Waals surface area contributed by atoms with Crippen molar-refractivity contribution in [1.82, 2.24) is 14.1 Å². The zero-order valence-corrected chi connectivity index (χ0v) is 12.5. The molecule has 2 N–H and O–H groups in total. The number of hydrogen-bond acceptors (Lipinski definition) is 4. The van der Waals surface area contributed by atoms with Gasteiger partial charge in [0.25, 0.3) is 10.0 Å². The van der Waals surface area contributed by atoms with E-state index in [9.17, 15) is 13.5 Å². The summed E-state index contributed by atoms with van der Waals surface area (Å²) in [6.45, 7) is 1.98. The van der Waals surface area contributed by atoms with Crippen LogP contribution < -0.4 is 4.72 Å². The van der Waals surface area contributed by atoms with Crippen molar-refractivity contribution in [3.8, 4) is 0 Å². The summed E-state index contributed by atoms with van der Waals surface area (Å²) in [6, 6.07) is 5.12. The molecule has 0 radical (unpaired) electrons. The van der Waals surface area contributed by atoms with E-state index in [0.717, 1.165) is 0 Å². The van der Waals surface area contributed by atoms with Gasteiger partial charge in [-0.15, -0.1) is 0 Å². The predicted molar refractivity (Wildman–Crippen MR) is 76.3 cm³/mol. The summed E-state index contributed by atoms with van der Waals surface area (Å²) in [6.07, 6.45) is 2.00. The van der Waals surface area contributed by atoms with Gasteiger partial charge >= 0.3 is 0 Å². The Morgan fingerprint density at radius 2 is 2.25 bits per heavy atom. The molecule has 0 aromatic carbocycles. The predicted octanol–water partition coefficient (Wildman–Crippen LogP) is 1.43. The van der Waals surface area contributed by atoms with Crippen molar-refractivity contribution in [1.29, 1.82) is 0 Å². The molecule has 0 amide bonds. The Kier molecular flexibility index (Phi) is 4.64. The molecule has 110 valence electrons. The molecule has 6 nitrogen and oxygen atoms in total. The Morgan fingerprint density at radius 3 is 2.95 bits per heavy atom. The molecule has 2 rings (SSSR count). The summed E-state index contributed by atoms with van der Waals surface area (Å²) in [5, 5.41) is 9.28. The number of rotatable bonds is 6. The number of nitrogens with zero attached hydrogens (tertiary/aromatic N) is 2. The Balaban J connectivity index is 2.26. The van der Waals surface area contributed by atoms with Gasteiger partial charge in [-0.25, -0.2) is 18.1 Å². The highest BCUT2D eigenvalue weighted by molar-refractivity contribution is 7.89. The third-order valence-corrected chi connectivity index (χ3v) is 4.80. The van der Waals surface area contributed by atoms with Crippen molar-refractivity contribution in [2.75, 3.05) is 6.54 Å². The monoisotopic (exact) mass is 317 g/mol. The third-order valence-electron chi connectivity index (χ3n) is 2.94. The first-order valence-corrected chi connectivity index (χ1v) is 8.12. The third kappa shape index (κ3) is 3.12. The maximum Gasteiger partial charge on any atom is 0.259 e. The number of nitrogens with one attached hydrogen (secondary N) is 1. The molecule has 0 spiro atoms. The molecule has 8 heteroatoms. The van der Waals surface area contributed by atoms with Gasteiger partial charge in [-0.1, -0.05) is 24.6 Å². The van der Waals surface area contributed by atoms with Crippen molar-refractivity contribution in [3.05, 3.63) is 29.5 Å². The zero-order valence-electron chi connectivity index (χ0n) is 11.0.